The zero-order valence-electron chi connectivity index (χ0n) is 11.3. The van der Waals surface area contributed by atoms with Gasteiger partial charge in [-0.1, -0.05) is 22.9 Å². The number of anilines is 1. The van der Waals surface area contributed by atoms with Crippen molar-refractivity contribution >= 4 is 21.6 Å². The van der Waals surface area contributed by atoms with E-state index < -0.39 is 0 Å². The van der Waals surface area contributed by atoms with Crippen molar-refractivity contribution in [2.75, 3.05) is 5.32 Å². The molecule has 1 aromatic carbocycles. The van der Waals surface area contributed by atoms with E-state index in [0.29, 0.717) is 5.75 Å². The minimum Gasteiger partial charge on any atom is -0.508 e. The normalized spacial score (nSPS) is 12.4. The molecule has 102 valence electrons. The molecule has 2 N–H and O–H groups in total. The first-order chi connectivity index (χ1) is 9.01. The second-order valence-corrected chi connectivity index (χ2v) is 5.53. The van der Waals surface area contributed by atoms with E-state index >= 15 is 0 Å². The molecular formula is C14H18BrN3O. The van der Waals surface area contributed by atoms with E-state index in [-0.39, 0.29) is 6.04 Å². The topological polar surface area (TPSA) is 50.1 Å². The minimum atomic E-state index is 0.0559. The van der Waals surface area contributed by atoms with Crippen LogP contribution in [-0.2, 0) is 7.05 Å². The second kappa shape index (κ2) is 5.65. The lowest BCUT2D eigenvalue weighted by molar-refractivity contribution is 0.462. The van der Waals surface area contributed by atoms with Crippen LogP contribution in [0.1, 0.15) is 30.6 Å². The first kappa shape index (κ1) is 13.9. The Kier molecular flexibility index (Phi) is 4.14. The van der Waals surface area contributed by atoms with Gasteiger partial charge in [0.25, 0.3) is 0 Å². The summed E-state index contributed by atoms with van der Waals surface area (Å²) < 4.78 is 2.74. The first-order valence-electron chi connectivity index (χ1n) is 6.26. The summed E-state index contributed by atoms with van der Waals surface area (Å²) in [5, 5.41) is 17.8. The highest BCUT2D eigenvalue weighted by Crippen LogP contribution is 2.32. The number of aryl methyl sites for hydroxylation is 2. The van der Waals surface area contributed by atoms with Crippen LogP contribution >= 0.6 is 15.9 Å². The van der Waals surface area contributed by atoms with Gasteiger partial charge >= 0.3 is 0 Å². The van der Waals surface area contributed by atoms with Crippen LogP contribution in [0.15, 0.2) is 28.9 Å². The molecule has 5 heteroatoms. The number of hydrogen-bond donors (Lipinski definition) is 2. The maximum absolute atomic E-state index is 10.0. The van der Waals surface area contributed by atoms with Crippen LogP contribution in [0.4, 0.5) is 5.69 Å². The standard InChI is InChI=1S/C14H18BrN3O/c1-4-12(11-7-10(15)5-6-14(11)19)16-13-8-18(3)17-9(13)2/h5-8,12,16,19H,4H2,1-3H3. The highest BCUT2D eigenvalue weighted by molar-refractivity contribution is 9.10. The number of halogens is 1. The van der Waals surface area contributed by atoms with Crippen LogP contribution in [0, 0.1) is 6.92 Å². The van der Waals surface area contributed by atoms with Crippen LogP contribution in [0.25, 0.3) is 0 Å². The van der Waals surface area contributed by atoms with Crippen molar-refractivity contribution in [3.63, 3.8) is 0 Å². The number of benzene rings is 1. The molecule has 0 saturated heterocycles. The van der Waals surface area contributed by atoms with E-state index in [2.05, 4.69) is 33.3 Å². The number of phenolic OH excluding ortho intramolecular Hbond substituents is 1. The van der Waals surface area contributed by atoms with Gasteiger partial charge in [0, 0.05) is 23.3 Å². The summed E-state index contributed by atoms with van der Waals surface area (Å²) in [5.74, 6) is 0.309. The van der Waals surface area contributed by atoms with Gasteiger partial charge in [0.1, 0.15) is 5.75 Å². The second-order valence-electron chi connectivity index (χ2n) is 4.61. The van der Waals surface area contributed by atoms with Crippen molar-refractivity contribution < 1.29 is 5.11 Å². The SMILES string of the molecule is CCC(Nc1cn(C)nc1C)c1cc(Br)ccc1O. The Morgan fingerprint density at radius 3 is 2.79 bits per heavy atom. The first-order valence-corrected chi connectivity index (χ1v) is 7.05. The Bertz CT molecular complexity index is 580. The Hall–Kier alpha value is -1.49. The van der Waals surface area contributed by atoms with E-state index in [9.17, 15) is 5.11 Å². The maximum Gasteiger partial charge on any atom is 0.120 e. The van der Waals surface area contributed by atoms with Crippen LogP contribution < -0.4 is 5.32 Å². The van der Waals surface area contributed by atoms with Gasteiger partial charge in [-0.25, -0.2) is 0 Å². The summed E-state index contributed by atoms with van der Waals surface area (Å²) in [6.07, 6.45) is 2.82. The lowest BCUT2D eigenvalue weighted by Gasteiger charge is -2.19. The van der Waals surface area contributed by atoms with Crippen LogP contribution in [0.2, 0.25) is 0 Å². The molecule has 1 atom stereocenters. The predicted octanol–water partition coefficient (Wildman–Crippen LogP) is 3.76. The molecule has 0 saturated carbocycles. The molecule has 0 aliphatic rings. The molecular weight excluding hydrogens is 306 g/mol. The molecule has 2 rings (SSSR count). The molecule has 0 bridgehead atoms. The van der Waals surface area contributed by atoms with Gasteiger partial charge in [0.2, 0.25) is 0 Å². The van der Waals surface area contributed by atoms with Gasteiger partial charge in [0.05, 0.1) is 17.4 Å². The fourth-order valence-electron chi connectivity index (χ4n) is 2.13. The minimum absolute atomic E-state index is 0.0559. The van der Waals surface area contributed by atoms with Gasteiger partial charge < -0.3 is 10.4 Å². The van der Waals surface area contributed by atoms with Crippen molar-refractivity contribution in [1.82, 2.24) is 9.78 Å². The number of nitrogens with one attached hydrogen (secondary N) is 1. The molecule has 0 amide bonds. The number of nitrogens with zero attached hydrogens (tertiary/aromatic N) is 2. The number of hydrogen-bond acceptors (Lipinski definition) is 3. The van der Waals surface area contributed by atoms with Gasteiger partial charge in [-0.05, 0) is 31.5 Å². The highest BCUT2D eigenvalue weighted by atomic mass is 79.9. The number of aromatic nitrogens is 2. The molecule has 0 aliphatic heterocycles. The van der Waals surface area contributed by atoms with E-state index in [1.54, 1.807) is 10.7 Å². The molecule has 19 heavy (non-hydrogen) atoms. The van der Waals surface area contributed by atoms with Gasteiger partial charge in [-0.3, -0.25) is 4.68 Å². The Morgan fingerprint density at radius 1 is 1.47 bits per heavy atom. The summed E-state index contributed by atoms with van der Waals surface area (Å²) in [4.78, 5) is 0. The molecule has 2 aromatic rings. The molecule has 4 nitrogen and oxygen atoms in total. The summed E-state index contributed by atoms with van der Waals surface area (Å²) >= 11 is 3.44. The quantitative estimate of drug-likeness (QED) is 0.900. The van der Waals surface area contributed by atoms with Crippen molar-refractivity contribution in [2.45, 2.75) is 26.3 Å². The van der Waals surface area contributed by atoms with Gasteiger partial charge in [-0.15, -0.1) is 0 Å². The molecule has 1 aromatic heterocycles. The van der Waals surface area contributed by atoms with Crippen LogP contribution in [0.3, 0.4) is 0 Å². The highest BCUT2D eigenvalue weighted by Gasteiger charge is 2.15. The fourth-order valence-corrected chi connectivity index (χ4v) is 2.51. The van der Waals surface area contributed by atoms with E-state index in [1.165, 1.54) is 0 Å². The molecule has 1 unspecified atom stereocenters. The zero-order valence-corrected chi connectivity index (χ0v) is 12.9. The Morgan fingerprint density at radius 2 is 2.21 bits per heavy atom. The Labute approximate surface area is 121 Å². The molecule has 0 radical (unpaired) electrons. The number of aromatic hydroxyl groups is 1. The van der Waals surface area contributed by atoms with E-state index in [0.717, 1.165) is 27.8 Å². The monoisotopic (exact) mass is 323 g/mol. The van der Waals surface area contributed by atoms with Crippen molar-refractivity contribution in [2.24, 2.45) is 7.05 Å². The van der Waals surface area contributed by atoms with Crippen molar-refractivity contribution in [1.29, 1.82) is 0 Å². The molecule has 0 spiro atoms. The molecule has 1 heterocycles. The lowest BCUT2D eigenvalue weighted by Crippen LogP contribution is -2.10. The fraction of sp³-hybridized carbons (Fsp3) is 0.357. The maximum atomic E-state index is 10.0. The van der Waals surface area contributed by atoms with Crippen molar-refractivity contribution in [3.05, 3.63) is 40.1 Å². The summed E-state index contributed by atoms with van der Waals surface area (Å²) in [5.41, 5.74) is 2.84. The van der Waals surface area contributed by atoms with Gasteiger partial charge in [-0.2, -0.15) is 5.10 Å². The van der Waals surface area contributed by atoms with Crippen LogP contribution in [-0.4, -0.2) is 14.9 Å². The van der Waals surface area contributed by atoms with Crippen LogP contribution in [0.5, 0.6) is 5.75 Å². The summed E-state index contributed by atoms with van der Waals surface area (Å²) in [7, 11) is 1.90. The summed E-state index contributed by atoms with van der Waals surface area (Å²) in [6.45, 7) is 4.06. The number of rotatable bonds is 4. The third-order valence-electron chi connectivity index (χ3n) is 3.12. The van der Waals surface area contributed by atoms with Crippen molar-refractivity contribution in [3.8, 4) is 5.75 Å². The largest absolute Gasteiger partial charge is 0.508 e. The molecule has 0 fully saturated rings. The predicted molar refractivity (Wildman–Crippen MR) is 80.4 cm³/mol. The average molecular weight is 324 g/mol. The Balaban J connectivity index is 2.30. The smallest absolute Gasteiger partial charge is 0.120 e. The third-order valence-corrected chi connectivity index (χ3v) is 3.61. The van der Waals surface area contributed by atoms with E-state index in [1.807, 2.05) is 32.3 Å². The lowest BCUT2D eigenvalue weighted by atomic mass is 10.0. The van der Waals surface area contributed by atoms with Gasteiger partial charge in [0.15, 0.2) is 0 Å². The number of phenols is 1. The third kappa shape index (κ3) is 3.10. The average Bonchev–Trinajstić information content (AvgIpc) is 2.68. The zero-order chi connectivity index (χ0) is 14.0. The van der Waals surface area contributed by atoms with E-state index in [4.69, 9.17) is 0 Å². The molecule has 0 aliphatic carbocycles. The summed E-state index contributed by atoms with van der Waals surface area (Å²) in [6, 6.07) is 5.54.